The molecule has 0 aromatic carbocycles. The second kappa shape index (κ2) is 7.27. The molecule has 0 atom stereocenters. The summed E-state index contributed by atoms with van der Waals surface area (Å²) in [7, 11) is 0. The summed E-state index contributed by atoms with van der Waals surface area (Å²) in [5.74, 6) is 2.01. The third-order valence-corrected chi connectivity index (χ3v) is 4.37. The van der Waals surface area contributed by atoms with Crippen molar-refractivity contribution in [3.05, 3.63) is 0 Å². The number of carbonyl (C=O) groups is 1. The Morgan fingerprint density at radius 3 is 2.65 bits per heavy atom. The van der Waals surface area contributed by atoms with Crippen LogP contribution in [0.15, 0.2) is 0 Å². The largest absolute Gasteiger partial charge is 0.481 e. The highest BCUT2D eigenvalue weighted by Crippen LogP contribution is 2.50. The van der Waals surface area contributed by atoms with E-state index in [-0.39, 0.29) is 5.41 Å². The molecule has 4 heteroatoms. The van der Waals surface area contributed by atoms with E-state index in [0.717, 1.165) is 44.0 Å². The van der Waals surface area contributed by atoms with Crippen LogP contribution >= 0.6 is 11.8 Å². The molecule has 1 fully saturated rings. The molecule has 1 aliphatic carbocycles. The van der Waals surface area contributed by atoms with Crippen molar-refractivity contribution in [2.75, 3.05) is 24.7 Å². The maximum atomic E-state index is 10.7. The minimum atomic E-state index is -0.656. The minimum absolute atomic E-state index is 0.119. The van der Waals surface area contributed by atoms with Crippen molar-refractivity contribution in [3.63, 3.8) is 0 Å². The predicted molar refractivity (Wildman–Crippen MR) is 71.5 cm³/mol. The van der Waals surface area contributed by atoms with Crippen LogP contribution < -0.4 is 0 Å². The number of carboxylic acid groups (broad SMARTS) is 1. The fourth-order valence-electron chi connectivity index (χ4n) is 1.70. The van der Waals surface area contributed by atoms with Gasteiger partial charge in [0.15, 0.2) is 0 Å². The molecule has 0 unspecified atom stereocenters. The molecule has 1 aliphatic rings. The van der Waals surface area contributed by atoms with E-state index in [1.807, 2.05) is 11.8 Å². The lowest BCUT2D eigenvalue weighted by Crippen LogP contribution is -2.12. The molecule has 0 bridgehead atoms. The second-order valence-electron chi connectivity index (χ2n) is 5.42. The summed E-state index contributed by atoms with van der Waals surface area (Å²) in [6.45, 7) is 6.03. The first kappa shape index (κ1) is 14.8. The normalized spacial score (nSPS) is 17.4. The molecular formula is C13H24O3S. The van der Waals surface area contributed by atoms with Crippen LogP contribution in [-0.4, -0.2) is 35.8 Å². The van der Waals surface area contributed by atoms with Gasteiger partial charge in [-0.25, -0.2) is 0 Å². The lowest BCUT2D eigenvalue weighted by atomic mass is 10.1. The minimum Gasteiger partial charge on any atom is -0.481 e. The lowest BCUT2D eigenvalue weighted by molar-refractivity contribution is -0.138. The van der Waals surface area contributed by atoms with E-state index >= 15 is 0 Å². The standard InChI is InChI=1S/C13H24O3S/c1-11(2)3-6-16-7-8-17-10-13(4-5-13)9-12(14)15/h11H,3-10H2,1-2H3,(H,14,15). The van der Waals surface area contributed by atoms with Crippen molar-refractivity contribution in [3.8, 4) is 0 Å². The Hall–Kier alpha value is -0.220. The molecule has 1 N–H and O–H groups in total. The summed E-state index contributed by atoms with van der Waals surface area (Å²) in [5.41, 5.74) is 0.119. The van der Waals surface area contributed by atoms with Gasteiger partial charge in [-0.05, 0) is 36.3 Å². The van der Waals surface area contributed by atoms with Gasteiger partial charge in [0, 0.05) is 12.4 Å². The monoisotopic (exact) mass is 260 g/mol. The van der Waals surface area contributed by atoms with Gasteiger partial charge in [0.25, 0.3) is 0 Å². The fraction of sp³-hybridized carbons (Fsp3) is 0.923. The average molecular weight is 260 g/mol. The van der Waals surface area contributed by atoms with Crippen LogP contribution in [0.3, 0.4) is 0 Å². The highest BCUT2D eigenvalue weighted by atomic mass is 32.2. The third kappa shape index (κ3) is 6.94. The smallest absolute Gasteiger partial charge is 0.303 e. The Morgan fingerprint density at radius 1 is 1.41 bits per heavy atom. The quantitative estimate of drug-likeness (QED) is 0.613. The number of ether oxygens (including phenoxy) is 1. The molecule has 0 amide bonds. The maximum Gasteiger partial charge on any atom is 0.303 e. The molecule has 0 radical (unpaired) electrons. The van der Waals surface area contributed by atoms with Crippen LogP contribution in [0.25, 0.3) is 0 Å². The van der Waals surface area contributed by atoms with Gasteiger partial charge in [-0.1, -0.05) is 13.8 Å². The number of carboxylic acids is 1. The van der Waals surface area contributed by atoms with Gasteiger partial charge in [-0.15, -0.1) is 0 Å². The van der Waals surface area contributed by atoms with E-state index in [9.17, 15) is 4.79 Å². The van der Waals surface area contributed by atoms with E-state index in [1.165, 1.54) is 0 Å². The van der Waals surface area contributed by atoms with E-state index in [4.69, 9.17) is 9.84 Å². The third-order valence-electron chi connectivity index (χ3n) is 3.10. The van der Waals surface area contributed by atoms with E-state index in [1.54, 1.807) is 0 Å². The predicted octanol–water partition coefficient (Wildman–Crippen LogP) is 3.04. The van der Waals surface area contributed by atoms with E-state index < -0.39 is 5.97 Å². The molecule has 1 saturated carbocycles. The SMILES string of the molecule is CC(C)CCOCCSCC1(CC(=O)O)CC1. The molecule has 1 rings (SSSR count). The van der Waals surface area contributed by atoms with Crippen LogP contribution in [0, 0.1) is 11.3 Å². The first-order chi connectivity index (χ1) is 8.04. The van der Waals surface area contributed by atoms with Gasteiger partial charge in [0.05, 0.1) is 13.0 Å². The molecule has 3 nitrogen and oxygen atoms in total. The van der Waals surface area contributed by atoms with Crippen LogP contribution in [0.4, 0.5) is 0 Å². The molecular weight excluding hydrogens is 236 g/mol. The Bertz CT molecular complexity index is 237. The number of rotatable bonds is 10. The van der Waals surface area contributed by atoms with E-state index in [0.29, 0.717) is 12.3 Å². The van der Waals surface area contributed by atoms with Crippen LogP contribution in [0.2, 0.25) is 0 Å². The maximum absolute atomic E-state index is 10.7. The van der Waals surface area contributed by atoms with Gasteiger partial charge in [-0.3, -0.25) is 4.79 Å². The van der Waals surface area contributed by atoms with Gasteiger partial charge >= 0.3 is 5.97 Å². The van der Waals surface area contributed by atoms with Crippen molar-refractivity contribution in [2.24, 2.45) is 11.3 Å². The van der Waals surface area contributed by atoms with Crippen molar-refractivity contribution in [1.82, 2.24) is 0 Å². The van der Waals surface area contributed by atoms with Crippen molar-refractivity contribution in [2.45, 2.75) is 39.5 Å². The summed E-state index contributed by atoms with van der Waals surface area (Å²) < 4.78 is 5.52. The summed E-state index contributed by atoms with van der Waals surface area (Å²) in [6, 6.07) is 0. The summed E-state index contributed by atoms with van der Waals surface area (Å²) in [6.07, 6.45) is 3.63. The zero-order valence-electron chi connectivity index (χ0n) is 10.9. The fourth-order valence-corrected chi connectivity index (χ4v) is 2.90. The lowest BCUT2D eigenvalue weighted by Gasteiger charge is -2.11. The number of hydrogen-bond acceptors (Lipinski definition) is 3. The molecule has 0 spiro atoms. The number of aliphatic carboxylic acids is 1. The zero-order valence-corrected chi connectivity index (χ0v) is 11.7. The van der Waals surface area contributed by atoms with Crippen LogP contribution in [0.1, 0.15) is 39.5 Å². The van der Waals surface area contributed by atoms with Crippen molar-refractivity contribution < 1.29 is 14.6 Å². The van der Waals surface area contributed by atoms with Crippen LogP contribution in [0.5, 0.6) is 0 Å². The first-order valence-electron chi connectivity index (χ1n) is 6.41. The molecule has 0 heterocycles. The van der Waals surface area contributed by atoms with Crippen molar-refractivity contribution >= 4 is 17.7 Å². The Morgan fingerprint density at radius 2 is 2.12 bits per heavy atom. The van der Waals surface area contributed by atoms with Gasteiger partial charge in [-0.2, -0.15) is 11.8 Å². The van der Waals surface area contributed by atoms with Crippen molar-refractivity contribution in [1.29, 1.82) is 0 Å². The summed E-state index contributed by atoms with van der Waals surface area (Å²) in [5, 5.41) is 8.78. The van der Waals surface area contributed by atoms with Crippen LogP contribution in [-0.2, 0) is 9.53 Å². The van der Waals surface area contributed by atoms with Gasteiger partial charge < -0.3 is 9.84 Å². The topological polar surface area (TPSA) is 46.5 Å². The van der Waals surface area contributed by atoms with Gasteiger partial charge in [0.2, 0.25) is 0 Å². The second-order valence-corrected chi connectivity index (χ2v) is 6.52. The average Bonchev–Trinajstić information content (AvgIpc) is 2.95. The van der Waals surface area contributed by atoms with E-state index in [2.05, 4.69) is 13.8 Å². The molecule has 0 saturated heterocycles. The molecule has 100 valence electrons. The Balaban J connectivity index is 1.92. The zero-order chi connectivity index (χ0) is 12.7. The Labute approximate surface area is 108 Å². The molecule has 17 heavy (non-hydrogen) atoms. The summed E-state index contributed by atoms with van der Waals surface area (Å²) in [4.78, 5) is 10.7. The number of thioether (sulfide) groups is 1. The Kier molecular flexibility index (Phi) is 6.34. The molecule has 0 aliphatic heterocycles. The number of hydrogen-bond donors (Lipinski definition) is 1. The summed E-state index contributed by atoms with van der Waals surface area (Å²) >= 11 is 1.84. The highest BCUT2D eigenvalue weighted by molar-refractivity contribution is 7.99. The highest BCUT2D eigenvalue weighted by Gasteiger charge is 2.43. The first-order valence-corrected chi connectivity index (χ1v) is 7.57. The molecule has 0 aromatic heterocycles. The van der Waals surface area contributed by atoms with Gasteiger partial charge in [0.1, 0.15) is 0 Å². The molecule has 0 aromatic rings.